The monoisotopic (exact) mass is 361 g/mol. The first-order chi connectivity index (χ1) is 10.5. The Labute approximate surface area is 132 Å². The van der Waals surface area contributed by atoms with Crippen LogP contribution in [-0.4, -0.2) is 5.91 Å². The molecule has 0 spiro atoms. The van der Waals surface area contributed by atoms with E-state index in [1.54, 1.807) is 24.3 Å². The van der Waals surface area contributed by atoms with Gasteiger partial charge in [-0.15, -0.1) is 0 Å². The zero-order valence-electron chi connectivity index (χ0n) is 11.1. The Morgan fingerprint density at radius 1 is 1.09 bits per heavy atom. The van der Waals surface area contributed by atoms with Gasteiger partial charge in [-0.3, -0.25) is 4.79 Å². The van der Waals surface area contributed by atoms with Crippen molar-refractivity contribution in [3.8, 4) is 0 Å². The number of hydrogen-bond acceptors (Lipinski definition) is 3. The van der Waals surface area contributed by atoms with Crippen LogP contribution in [0.2, 0.25) is 0 Å². The first kappa shape index (κ1) is 14.5. The fourth-order valence-corrected chi connectivity index (χ4v) is 2.55. The van der Waals surface area contributed by atoms with Gasteiger partial charge in [-0.05, 0) is 58.4 Å². The Morgan fingerprint density at radius 3 is 2.68 bits per heavy atom. The van der Waals surface area contributed by atoms with Gasteiger partial charge < -0.3 is 9.73 Å². The summed E-state index contributed by atoms with van der Waals surface area (Å²) in [7, 11) is 0. The fraction of sp³-hybridized carbons (Fsp3) is 0. The van der Waals surface area contributed by atoms with Gasteiger partial charge in [-0.1, -0.05) is 0 Å². The molecule has 0 fully saturated rings. The quantitative estimate of drug-likeness (QED) is 0.703. The molecule has 1 heterocycles. The Morgan fingerprint density at radius 2 is 1.91 bits per heavy atom. The smallest absolute Gasteiger partial charge is 0.336 e. The number of carbonyl (C=O) groups is 1. The highest BCUT2D eigenvalue weighted by Crippen LogP contribution is 2.21. The lowest BCUT2D eigenvalue weighted by molar-refractivity contribution is 0.102. The van der Waals surface area contributed by atoms with E-state index >= 15 is 0 Å². The molecule has 0 aliphatic heterocycles. The molecule has 0 atom stereocenters. The number of nitrogens with one attached hydrogen (secondary N) is 1. The van der Waals surface area contributed by atoms with Crippen molar-refractivity contribution in [2.24, 2.45) is 0 Å². The molecule has 1 aromatic heterocycles. The van der Waals surface area contributed by atoms with E-state index in [4.69, 9.17) is 4.42 Å². The summed E-state index contributed by atoms with van der Waals surface area (Å²) in [6, 6.07) is 11.7. The topological polar surface area (TPSA) is 59.3 Å². The maximum atomic E-state index is 13.0. The minimum Gasteiger partial charge on any atom is -0.423 e. The normalized spacial score (nSPS) is 10.6. The minimum atomic E-state index is -0.431. The minimum absolute atomic E-state index is 0.320. The Hall–Kier alpha value is -2.47. The lowest BCUT2D eigenvalue weighted by Crippen LogP contribution is -2.12. The van der Waals surface area contributed by atoms with E-state index in [0.29, 0.717) is 26.7 Å². The second kappa shape index (κ2) is 5.73. The highest BCUT2D eigenvalue weighted by Gasteiger charge is 2.11. The van der Waals surface area contributed by atoms with Crippen LogP contribution in [0.15, 0.2) is 62.2 Å². The van der Waals surface area contributed by atoms with Gasteiger partial charge in [0.15, 0.2) is 0 Å². The van der Waals surface area contributed by atoms with Crippen molar-refractivity contribution in [3.63, 3.8) is 0 Å². The molecule has 1 amide bonds. The van der Waals surface area contributed by atoms with Crippen molar-refractivity contribution < 1.29 is 13.6 Å². The molecule has 6 heteroatoms. The number of fused-ring (bicyclic) bond motifs is 1. The van der Waals surface area contributed by atoms with Gasteiger partial charge in [0.1, 0.15) is 11.4 Å². The molecule has 3 rings (SSSR count). The number of benzene rings is 2. The summed E-state index contributed by atoms with van der Waals surface area (Å²) in [4.78, 5) is 23.3. The maximum Gasteiger partial charge on any atom is 0.336 e. The summed E-state index contributed by atoms with van der Waals surface area (Å²) in [5.41, 5.74) is 0.872. The molecule has 0 aliphatic carbocycles. The van der Waals surface area contributed by atoms with Crippen LogP contribution in [0, 0.1) is 5.82 Å². The highest BCUT2D eigenvalue weighted by atomic mass is 79.9. The van der Waals surface area contributed by atoms with Gasteiger partial charge in [0, 0.05) is 21.6 Å². The maximum absolute atomic E-state index is 13.0. The van der Waals surface area contributed by atoms with E-state index in [-0.39, 0.29) is 5.91 Å². The standard InChI is InChI=1S/C16H9BrFNO3/c17-13-8-10(18)2-4-12(13)16(21)19-11-3-5-14-9(7-11)1-6-15(20)22-14/h1-8H,(H,19,21). The Bertz CT molecular complexity index is 936. The SMILES string of the molecule is O=C(Nc1ccc2oc(=O)ccc2c1)c1ccc(F)cc1Br. The van der Waals surface area contributed by atoms with Crippen molar-refractivity contribution in [1.29, 1.82) is 0 Å². The van der Waals surface area contributed by atoms with Gasteiger partial charge in [-0.25, -0.2) is 9.18 Å². The predicted molar refractivity (Wildman–Crippen MR) is 84.5 cm³/mol. The number of rotatable bonds is 2. The van der Waals surface area contributed by atoms with Crippen LogP contribution >= 0.6 is 15.9 Å². The molecule has 110 valence electrons. The molecule has 0 radical (unpaired) electrons. The number of amides is 1. The average molecular weight is 362 g/mol. The molecular weight excluding hydrogens is 353 g/mol. The third kappa shape index (κ3) is 2.92. The number of halogens is 2. The largest absolute Gasteiger partial charge is 0.423 e. The van der Waals surface area contributed by atoms with Gasteiger partial charge in [0.05, 0.1) is 5.56 Å². The van der Waals surface area contributed by atoms with Gasteiger partial charge in [0.2, 0.25) is 0 Å². The van der Waals surface area contributed by atoms with E-state index in [1.807, 2.05) is 0 Å². The Balaban J connectivity index is 1.90. The van der Waals surface area contributed by atoms with Gasteiger partial charge in [-0.2, -0.15) is 0 Å². The van der Waals surface area contributed by atoms with Crippen LogP contribution in [0.4, 0.5) is 10.1 Å². The predicted octanol–water partition coefficient (Wildman–Crippen LogP) is 3.95. The van der Waals surface area contributed by atoms with Crippen molar-refractivity contribution in [1.82, 2.24) is 0 Å². The molecule has 0 bridgehead atoms. The van der Waals surface area contributed by atoms with Crippen molar-refractivity contribution in [2.75, 3.05) is 5.32 Å². The summed E-state index contributed by atoms with van der Waals surface area (Å²) in [5.74, 6) is -0.798. The van der Waals surface area contributed by atoms with E-state index in [2.05, 4.69) is 21.2 Å². The van der Waals surface area contributed by atoms with Gasteiger partial charge >= 0.3 is 5.63 Å². The fourth-order valence-electron chi connectivity index (χ4n) is 2.02. The molecule has 0 saturated heterocycles. The van der Waals surface area contributed by atoms with Crippen LogP contribution in [0.1, 0.15) is 10.4 Å². The van der Waals surface area contributed by atoms with E-state index in [9.17, 15) is 14.0 Å². The summed E-state index contributed by atoms with van der Waals surface area (Å²) < 4.78 is 18.4. The summed E-state index contributed by atoms with van der Waals surface area (Å²) >= 11 is 3.16. The first-order valence-electron chi connectivity index (χ1n) is 6.33. The van der Waals surface area contributed by atoms with Crippen LogP contribution in [0.5, 0.6) is 0 Å². The molecular formula is C16H9BrFNO3. The molecule has 0 saturated carbocycles. The van der Waals surface area contributed by atoms with E-state index in [0.717, 1.165) is 0 Å². The van der Waals surface area contributed by atoms with Crippen LogP contribution in [-0.2, 0) is 0 Å². The van der Waals surface area contributed by atoms with Crippen molar-refractivity contribution in [2.45, 2.75) is 0 Å². The zero-order chi connectivity index (χ0) is 15.7. The third-order valence-electron chi connectivity index (χ3n) is 3.05. The number of hydrogen-bond donors (Lipinski definition) is 1. The molecule has 4 nitrogen and oxygen atoms in total. The molecule has 22 heavy (non-hydrogen) atoms. The summed E-state index contributed by atoms with van der Waals surface area (Å²) in [6.45, 7) is 0. The number of anilines is 1. The van der Waals surface area contributed by atoms with E-state index < -0.39 is 11.4 Å². The second-order valence-corrected chi connectivity index (χ2v) is 5.44. The molecule has 1 N–H and O–H groups in total. The van der Waals surface area contributed by atoms with Crippen LogP contribution in [0.3, 0.4) is 0 Å². The first-order valence-corrected chi connectivity index (χ1v) is 7.12. The van der Waals surface area contributed by atoms with Gasteiger partial charge in [0.25, 0.3) is 5.91 Å². The zero-order valence-corrected chi connectivity index (χ0v) is 12.7. The molecule has 0 aliphatic rings. The van der Waals surface area contributed by atoms with Crippen molar-refractivity contribution >= 4 is 38.5 Å². The molecule has 3 aromatic rings. The van der Waals surface area contributed by atoms with Crippen LogP contribution < -0.4 is 10.9 Å². The summed E-state index contributed by atoms with van der Waals surface area (Å²) in [5, 5.41) is 3.40. The highest BCUT2D eigenvalue weighted by molar-refractivity contribution is 9.10. The molecule has 2 aromatic carbocycles. The lowest BCUT2D eigenvalue weighted by atomic mass is 10.2. The van der Waals surface area contributed by atoms with Crippen LogP contribution in [0.25, 0.3) is 11.0 Å². The second-order valence-electron chi connectivity index (χ2n) is 4.59. The van der Waals surface area contributed by atoms with E-state index in [1.165, 1.54) is 24.3 Å². The average Bonchev–Trinajstić information content (AvgIpc) is 2.47. The molecule has 0 unspecified atom stereocenters. The summed E-state index contributed by atoms with van der Waals surface area (Å²) in [6.07, 6.45) is 0. The third-order valence-corrected chi connectivity index (χ3v) is 3.71. The Kier molecular flexibility index (Phi) is 3.77. The van der Waals surface area contributed by atoms with Crippen molar-refractivity contribution in [3.05, 3.63) is 74.8 Å². The lowest BCUT2D eigenvalue weighted by Gasteiger charge is -2.07. The number of carbonyl (C=O) groups excluding carboxylic acids is 1.